The second kappa shape index (κ2) is 4.63. The standard InChI is InChI=1S/C18H13NO3/c20-16(13-9-11-5-1-2-6-12(11)10-13)19-17(21)14-7-3-4-8-15(14)18(19)22/h1-8,13H,9-10H2. The fourth-order valence-electron chi connectivity index (χ4n) is 3.31. The van der Waals surface area contributed by atoms with E-state index in [-0.39, 0.29) is 11.8 Å². The summed E-state index contributed by atoms with van der Waals surface area (Å²) >= 11 is 0. The number of imide groups is 3. The third-order valence-corrected chi connectivity index (χ3v) is 4.41. The minimum atomic E-state index is -0.499. The first-order valence-electron chi connectivity index (χ1n) is 7.25. The van der Waals surface area contributed by atoms with Crippen LogP contribution >= 0.6 is 0 Å². The van der Waals surface area contributed by atoms with Crippen molar-refractivity contribution < 1.29 is 14.4 Å². The molecular formula is C18H13NO3. The van der Waals surface area contributed by atoms with Gasteiger partial charge in [-0.3, -0.25) is 14.4 Å². The minimum Gasteiger partial charge on any atom is -0.274 e. The number of carbonyl (C=O) groups excluding carboxylic acids is 3. The lowest BCUT2D eigenvalue weighted by atomic mass is 10.0. The van der Waals surface area contributed by atoms with Gasteiger partial charge in [-0.2, -0.15) is 0 Å². The molecule has 0 atom stereocenters. The van der Waals surface area contributed by atoms with E-state index in [1.54, 1.807) is 24.3 Å². The van der Waals surface area contributed by atoms with Crippen LogP contribution in [0, 0.1) is 5.92 Å². The van der Waals surface area contributed by atoms with Gasteiger partial charge in [-0.15, -0.1) is 0 Å². The molecule has 0 radical (unpaired) electrons. The molecule has 0 N–H and O–H groups in total. The SMILES string of the molecule is O=C1c2ccccc2C(=O)N1C(=O)C1Cc2ccccc2C1. The molecule has 2 aliphatic rings. The first-order chi connectivity index (χ1) is 10.7. The zero-order chi connectivity index (χ0) is 15.3. The maximum atomic E-state index is 12.7. The summed E-state index contributed by atoms with van der Waals surface area (Å²) in [6.45, 7) is 0. The Morgan fingerprint density at radius 3 is 1.77 bits per heavy atom. The van der Waals surface area contributed by atoms with E-state index in [4.69, 9.17) is 0 Å². The van der Waals surface area contributed by atoms with E-state index in [2.05, 4.69) is 0 Å². The van der Waals surface area contributed by atoms with Gasteiger partial charge < -0.3 is 0 Å². The highest BCUT2D eigenvalue weighted by Gasteiger charge is 2.43. The van der Waals surface area contributed by atoms with Gasteiger partial charge >= 0.3 is 0 Å². The molecule has 1 heterocycles. The quantitative estimate of drug-likeness (QED) is 0.757. The van der Waals surface area contributed by atoms with Crippen LogP contribution in [0.15, 0.2) is 48.5 Å². The van der Waals surface area contributed by atoms with Crippen LogP contribution in [0.2, 0.25) is 0 Å². The number of carbonyl (C=O) groups is 3. The molecule has 1 aliphatic heterocycles. The fraction of sp³-hybridized carbons (Fsp3) is 0.167. The smallest absolute Gasteiger partial charge is 0.268 e. The molecule has 2 aromatic rings. The number of hydrogen-bond donors (Lipinski definition) is 0. The van der Waals surface area contributed by atoms with E-state index in [0.717, 1.165) is 16.0 Å². The van der Waals surface area contributed by atoms with E-state index in [9.17, 15) is 14.4 Å². The molecule has 0 bridgehead atoms. The maximum Gasteiger partial charge on any atom is 0.268 e. The van der Waals surface area contributed by atoms with Crippen LogP contribution in [0.4, 0.5) is 0 Å². The van der Waals surface area contributed by atoms with Gasteiger partial charge in [0.2, 0.25) is 5.91 Å². The molecule has 108 valence electrons. The first kappa shape index (κ1) is 13.0. The minimum absolute atomic E-state index is 0.316. The fourth-order valence-corrected chi connectivity index (χ4v) is 3.31. The summed E-state index contributed by atoms with van der Waals surface area (Å²) in [5.74, 6) is -1.72. The van der Waals surface area contributed by atoms with Gasteiger partial charge in [-0.05, 0) is 36.1 Å². The van der Waals surface area contributed by atoms with Crippen LogP contribution < -0.4 is 0 Å². The van der Waals surface area contributed by atoms with Crippen LogP contribution in [0.5, 0.6) is 0 Å². The summed E-state index contributed by atoms with van der Waals surface area (Å²) in [5.41, 5.74) is 2.88. The van der Waals surface area contributed by atoms with Gasteiger partial charge in [-0.1, -0.05) is 36.4 Å². The van der Waals surface area contributed by atoms with Gasteiger partial charge in [0.15, 0.2) is 0 Å². The van der Waals surface area contributed by atoms with Crippen molar-refractivity contribution in [3.05, 3.63) is 70.8 Å². The van der Waals surface area contributed by atoms with E-state index in [1.165, 1.54) is 0 Å². The van der Waals surface area contributed by atoms with Crippen molar-refractivity contribution >= 4 is 17.7 Å². The van der Waals surface area contributed by atoms with Crippen LogP contribution in [-0.4, -0.2) is 22.6 Å². The highest BCUT2D eigenvalue weighted by molar-refractivity contribution is 6.29. The Morgan fingerprint density at radius 1 is 0.818 bits per heavy atom. The Balaban J connectivity index is 1.63. The van der Waals surface area contributed by atoms with Gasteiger partial charge in [0.25, 0.3) is 11.8 Å². The molecule has 0 saturated heterocycles. The number of amides is 3. The van der Waals surface area contributed by atoms with Crippen molar-refractivity contribution in [3.63, 3.8) is 0 Å². The summed E-state index contributed by atoms with van der Waals surface area (Å²) in [5, 5.41) is 0. The molecule has 2 aromatic carbocycles. The Bertz CT molecular complexity index is 765. The predicted molar refractivity (Wildman–Crippen MR) is 79.3 cm³/mol. The predicted octanol–water partition coefficient (Wildman–Crippen LogP) is 2.22. The molecule has 1 aliphatic carbocycles. The van der Waals surface area contributed by atoms with Gasteiger partial charge in [-0.25, -0.2) is 4.90 Å². The van der Waals surface area contributed by atoms with Gasteiger partial charge in [0.1, 0.15) is 0 Å². The van der Waals surface area contributed by atoms with Crippen molar-refractivity contribution in [1.29, 1.82) is 0 Å². The highest BCUT2D eigenvalue weighted by Crippen LogP contribution is 2.31. The topological polar surface area (TPSA) is 54.5 Å². The molecule has 0 unspecified atom stereocenters. The average Bonchev–Trinajstić information content (AvgIpc) is 3.08. The molecule has 3 amide bonds. The molecule has 4 rings (SSSR count). The molecule has 4 heteroatoms. The number of nitrogens with zero attached hydrogens (tertiary/aromatic N) is 1. The Morgan fingerprint density at radius 2 is 1.27 bits per heavy atom. The molecule has 4 nitrogen and oxygen atoms in total. The summed E-state index contributed by atoms with van der Waals surface area (Å²) in [7, 11) is 0. The lowest BCUT2D eigenvalue weighted by Gasteiger charge is -2.16. The lowest BCUT2D eigenvalue weighted by Crippen LogP contribution is -2.40. The van der Waals surface area contributed by atoms with Crippen LogP contribution in [-0.2, 0) is 17.6 Å². The highest BCUT2D eigenvalue weighted by atomic mass is 16.2. The molecule has 0 saturated carbocycles. The van der Waals surface area contributed by atoms with Gasteiger partial charge in [0.05, 0.1) is 11.1 Å². The van der Waals surface area contributed by atoms with Crippen LogP contribution in [0.25, 0.3) is 0 Å². The van der Waals surface area contributed by atoms with Gasteiger partial charge in [0, 0.05) is 5.92 Å². The van der Waals surface area contributed by atoms with Crippen molar-refractivity contribution in [2.45, 2.75) is 12.8 Å². The van der Waals surface area contributed by atoms with Crippen molar-refractivity contribution in [2.24, 2.45) is 5.92 Å². The van der Waals surface area contributed by atoms with E-state index in [0.29, 0.717) is 24.0 Å². The zero-order valence-corrected chi connectivity index (χ0v) is 11.8. The van der Waals surface area contributed by atoms with Crippen LogP contribution in [0.1, 0.15) is 31.8 Å². The number of hydrogen-bond acceptors (Lipinski definition) is 3. The number of benzene rings is 2. The molecule has 22 heavy (non-hydrogen) atoms. The second-order valence-electron chi connectivity index (χ2n) is 5.70. The van der Waals surface area contributed by atoms with Crippen molar-refractivity contribution in [3.8, 4) is 0 Å². The number of rotatable bonds is 1. The normalized spacial score (nSPS) is 16.8. The monoisotopic (exact) mass is 291 g/mol. The number of fused-ring (bicyclic) bond motifs is 2. The zero-order valence-electron chi connectivity index (χ0n) is 11.8. The Labute approximate surface area is 127 Å². The van der Waals surface area contributed by atoms with E-state index in [1.807, 2.05) is 24.3 Å². The summed E-state index contributed by atoms with van der Waals surface area (Å²) in [6.07, 6.45) is 1.17. The molecule has 0 aromatic heterocycles. The largest absolute Gasteiger partial charge is 0.274 e. The van der Waals surface area contributed by atoms with E-state index >= 15 is 0 Å². The summed E-state index contributed by atoms with van der Waals surface area (Å²) in [4.78, 5) is 38.2. The Hall–Kier alpha value is -2.75. The molecule has 0 fully saturated rings. The third kappa shape index (κ3) is 1.73. The Kier molecular flexibility index (Phi) is 2.73. The summed E-state index contributed by atoms with van der Waals surface area (Å²) in [6, 6.07) is 14.4. The second-order valence-corrected chi connectivity index (χ2v) is 5.70. The van der Waals surface area contributed by atoms with Crippen molar-refractivity contribution in [1.82, 2.24) is 4.90 Å². The maximum absolute atomic E-state index is 12.7. The van der Waals surface area contributed by atoms with Crippen LogP contribution in [0.3, 0.4) is 0 Å². The van der Waals surface area contributed by atoms with E-state index < -0.39 is 11.8 Å². The lowest BCUT2D eigenvalue weighted by molar-refractivity contribution is -0.130. The molecular weight excluding hydrogens is 278 g/mol. The van der Waals surface area contributed by atoms with Crippen molar-refractivity contribution in [2.75, 3.05) is 0 Å². The third-order valence-electron chi connectivity index (χ3n) is 4.41. The average molecular weight is 291 g/mol. The summed E-state index contributed by atoms with van der Waals surface area (Å²) < 4.78 is 0. The molecule has 0 spiro atoms. The first-order valence-corrected chi connectivity index (χ1v) is 7.25.